The van der Waals surface area contributed by atoms with E-state index in [4.69, 9.17) is 22.9 Å². The van der Waals surface area contributed by atoms with E-state index in [2.05, 4.69) is 36.9 Å². The lowest BCUT2D eigenvalue weighted by Gasteiger charge is -2.27. The van der Waals surface area contributed by atoms with Crippen LogP contribution in [0.3, 0.4) is 0 Å². The number of hydrogen-bond acceptors (Lipinski definition) is 11. The molecule has 0 bridgehead atoms. The number of guanidine groups is 1. The molecule has 1 aromatic rings. The molecule has 0 heterocycles. The van der Waals surface area contributed by atoms with Crippen molar-refractivity contribution in [1.29, 1.82) is 0 Å². The standard InChI is InChI=1S/C31H49N11O9S/c1-17(30(50)51)38-26(46)19(9-6-11-36-31(34)35)40-27(47)20(10-12-52-2)41-28(48)21(13-18-7-4-3-5-8-18)42-29(49)22(14-23(33)43)39-25(45)16-37-24(44)15-32/h3-5,7-8,17,19-22H,6,9-16,32H2,1-2H3,(H2,33,43)(H,37,44)(H,38,46)(H,39,45)(H,40,47)(H,41,48)(H,42,49)(H,50,51)(H4,34,35,36)/t17-,19-,20-,21-,22-/m0/s1. The van der Waals surface area contributed by atoms with Crippen LogP contribution in [0.15, 0.2) is 35.3 Å². The number of benzene rings is 1. The molecule has 0 saturated heterocycles. The molecule has 52 heavy (non-hydrogen) atoms. The van der Waals surface area contributed by atoms with Crippen molar-refractivity contribution in [1.82, 2.24) is 31.9 Å². The third-order valence-electron chi connectivity index (χ3n) is 7.16. The van der Waals surface area contributed by atoms with E-state index >= 15 is 0 Å². The summed E-state index contributed by atoms with van der Waals surface area (Å²) in [6, 6.07) is 1.92. The van der Waals surface area contributed by atoms with E-state index in [0.717, 1.165) is 0 Å². The second-order valence-electron chi connectivity index (χ2n) is 11.4. The number of rotatable bonds is 24. The Morgan fingerprint density at radius 2 is 1.33 bits per heavy atom. The van der Waals surface area contributed by atoms with Gasteiger partial charge in [-0.2, -0.15) is 11.8 Å². The smallest absolute Gasteiger partial charge is 0.325 e. The molecule has 20 nitrogen and oxygen atoms in total. The summed E-state index contributed by atoms with van der Waals surface area (Å²) in [6.07, 6.45) is 1.38. The van der Waals surface area contributed by atoms with Gasteiger partial charge in [-0.1, -0.05) is 30.3 Å². The highest BCUT2D eigenvalue weighted by Crippen LogP contribution is 2.09. The Hall–Kier alpha value is -5.44. The number of aliphatic imine (C=N–C) groups is 1. The van der Waals surface area contributed by atoms with Crippen molar-refractivity contribution in [3.05, 3.63) is 35.9 Å². The van der Waals surface area contributed by atoms with Gasteiger partial charge in [-0.25, -0.2) is 0 Å². The predicted octanol–water partition coefficient (Wildman–Crippen LogP) is -4.49. The van der Waals surface area contributed by atoms with Crippen molar-refractivity contribution in [3.63, 3.8) is 0 Å². The average Bonchev–Trinajstić information content (AvgIpc) is 3.09. The predicted molar refractivity (Wildman–Crippen MR) is 192 cm³/mol. The van der Waals surface area contributed by atoms with E-state index in [0.29, 0.717) is 11.3 Å². The van der Waals surface area contributed by atoms with Gasteiger partial charge in [0.2, 0.25) is 41.4 Å². The van der Waals surface area contributed by atoms with Crippen LogP contribution in [0.5, 0.6) is 0 Å². The number of primary amides is 1. The Morgan fingerprint density at radius 3 is 1.88 bits per heavy atom. The van der Waals surface area contributed by atoms with Gasteiger partial charge in [0.25, 0.3) is 0 Å². The number of amides is 7. The van der Waals surface area contributed by atoms with E-state index in [9.17, 15) is 43.5 Å². The number of carbonyl (C=O) groups excluding carboxylic acids is 7. The van der Waals surface area contributed by atoms with Crippen LogP contribution in [0, 0.1) is 0 Å². The zero-order chi connectivity index (χ0) is 39.2. The molecule has 21 heteroatoms. The van der Waals surface area contributed by atoms with Crippen LogP contribution in [0.4, 0.5) is 0 Å². The number of carboxylic acids is 1. The molecule has 1 aromatic carbocycles. The second-order valence-corrected chi connectivity index (χ2v) is 12.4. The minimum Gasteiger partial charge on any atom is -0.480 e. The van der Waals surface area contributed by atoms with Gasteiger partial charge in [0.15, 0.2) is 5.96 Å². The topological polar surface area (TPSA) is 345 Å². The highest BCUT2D eigenvalue weighted by Gasteiger charge is 2.32. The van der Waals surface area contributed by atoms with Crippen LogP contribution in [0.25, 0.3) is 0 Å². The number of nitrogens with zero attached hydrogens (tertiary/aromatic N) is 1. The largest absolute Gasteiger partial charge is 0.480 e. The molecule has 0 fully saturated rings. The zero-order valence-corrected chi connectivity index (χ0v) is 29.8. The number of nitrogens with one attached hydrogen (secondary N) is 6. The Morgan fingerprint density at radius 1 is 0.769 bits per heavy atom. The summed E-state index contributed by atoms with van der Waals surface area (Å²) in [5.41, 5.74) is 21.8. The fourth-order valence-corrected chi connectivity index (χ4v) is 4.91. The Labute approximate surface area is 304 Å². The summed E-state index contributed by atoms with van der Waals surface area (Å²) < 4.78 is 0. The van der Waals surface area contributed by atoms with E-state index in [-0.39, 0.29) is 44.7 Å². The summed E-state index contributed by atoms with van der Waals surface area (Å²) in [5, 5.41) is 23.8. The Bertz CT molecular complexity index is 1430. The van der Waals surface area contributed by atoms with Crippen LogP contribution in [-0.4, -0.2) is 120 Å². The SMILES string of the molecule is CSCC[C@H](NC(=O)[C@H](Cc1ccccc1)NC(=O)[C@H](CC(N)=O)NC(=O)CNC(=O)CN)C(=O)N[C@@H](CCCN=C(N)N)C(=O)N[C@@H](C)C(=O)O. The molecular formula is C31H49N11O9S. The highest BCUT2D eigenvalue weighted by atomic mass is 32.2. The normalized spacial score (nSPS) is 13.4. The first-order valence-corrected chi connectivity index (χ1v) is 17.5. The molecule has 15 N–H and O–H groups in total. The number of carboxylic acid groups (broad SMARTS) is 1. The monoisotopic (exact) mass is 751 g/mol. The van der Waals surface area contributed by atoms with Gasteiger partial charge in [-0.05, 0) is 43.8 Å². The lowest BCUT2D eigenvalue weighted by Crippen LogP contribution is -2.59. The van der Waals surface area contributed by atoms with Crippen LogP contribution in [-0.2, 0) is 44.8 Å². The Balaban J connectivity index is 3.32. The molecule has 1 rings (SSSR count). The molecule has 0 aliphatic carbocycles. The van der Waals surface area contributed by atoms with E-state index in [1.807, 2.05) is 0 Å². The number of hydrogen-bond donors (Lipinski definition) is 11. The molecule has 0 saturated carbocycles. The van der Waals surface area contributed by atoms with Gasteiger partial charge < -0.3 is 59.9 Å². The minimum absolute atomic E-state index is 0.0133. The van der Waals surface area contributed by atoms with Gasteiger partial charge >= 0.3 is 5.97 Å². The van der Waals surface area contributed by atoms with Crippen molar-refractivity contribution in [2.45, 2.75) is 69.2 Å². The molecule has 0 unspecified atom stereocenters. The van der Waals surface area contributed by atoms with Crippen molar-refractivity contribution < 1.29 is 43.5 Å². The summed E-state index contributed by atoms with van der Waals surface area (Å²) >= 11 is 1.37. The van der Waals surface area contributed by atoms with Crippen LogP contribution in [0.2, 0.25) is 0 Å². The van der Waals surface area contributed by atoms with E-state index in [1.165, 1.54) is 18.7 Å². The molecular weight excluding hydrogens is 702 g/mol. The third-order valence-corrected chi connectivity index (χ3v) is 7.80. The first-order chi connectivity index (χ1) is 24.6. The summed E-state index contributed by atoms with van der Waals surface area (Å²) in [4.78, 5) is 105. The van der Waals surface area contributed by atoms with Gasteiger partial charge in [0, 0.05) is 13.0 Å². The minimum atomic E-state index is -1.53. The number of nitrogens with two attached hydrogens (primary N) is 4. The number of thioether (sulfide) groups is 1. The lowest BCUT2D eigenvalue weighted by molar-refractivity contribution is -0.142. The van der Waals surface area contributed by atoms with E-state index in [1.54, 1.807) is 36.6 Å². The maximum atomic E-state index is 13.8. The van der Waals surface area contributed by atoms with E-state index < -0.39 is 90.5 Å². The number of aliphatic carboxylic acids is 1. The van der Waals surface area contributed by atoms with Gasteiger partial charge in [0.05, 0.1) is 19.5 Å². The van der Waals surface area contributed by atoms with Gasteiger partial charge in [-0.3, -0.25) is 43.3 Å². The van der Waals surface area contributed by atoms with Crippen LogP contribution >= 0.6 is 11.8 Å². The first kappa shape index (κ1) is 44.6. The quantitative estimate of drug-likeness (QED) is 0.0270. The summed E-state index contributed by atoms with van der Waals surface area (Å²) in [6.45, 7) is 0.424. The fraction of sp³-hybridized carbons (Fsp3) is 0.516. The molecule has 288 valence electrons. The first-order valence-electron chi connectivity index (χ1n) is 16.1. The molecule has 0 aromatic heterocycles. The molecule has 0 aliphatic heterocycles. The average molecular weight is 752 g/mol. The van der Waals surface area contributed by atoms with Gasteiger partial charge in [-0.15, -0.1) is 0 Å². The molecule has 7 amide bonds. The third kappa shape index (κ3) is 18.0. The van der Waals surface area contributed by atoms with Crippen molar-refractivity contribution in [3.8, 4) is 0 Å². The van der Waals surface area contributed by atoms with Crippen LogP contribution < -0.4 is 54.8 Å². The maximum Gasteiger partial charge on any atom is 0.325 e. The summed E-state index contributed by atoms with van der Waals surface area (Å²) in [5.74, 6) is -6.84. The molecule has 5 atom stereocenters. The van der Waals surface area contributed by atoms with Gasteiger partial charge in [0.1, 0.15) is 30.2 Å². The number of carbonyl (C=O) groups is 8. The lowest BCUT2D eigenvalue weighted by atomic mass is 10.0. The summed E-state index contributed by atoms with van der Waals surface area (Å²) in [7, 11) is 0. The second kappa shape index (κ2) is 23.9. The van der Waals surface area contributed by atoms with Crippen molar-refractivity contribution in [2.24, 2.45) is 27.9 Å². The molecule has 0 spiro atoms. The van der Waals surface area contributed by atoms with Crippen molar-refractivity contribution in [2.75, 3.05) is 31.6 Å². The highest BCUT2D eigenvalue weighted by molar-refractivity contribution is 7.98. The molecule has 0 radical (unpaired) electrons. The maximum absolute atomic E-state index is 13.8. The molecule has 0 aliphatic rings. The zero-order valence-electron chi connectivity index (χ0n) is 29.0. The van der Waals surface area contributed by atoms with Crippen molar-refractivity contribution >= 4 is 65.0 Å². The van der Waals surface area contributed by atoms with Crippen LogP contribution in [0.1, 0.15) is 38.2 Å². The fourth-order valence-electron chi connectivity index (χ4n) is 4.44. The Kier molecular flexibility index (Phi) is 20.5.